The second kappa shape index (κ2) is 2.40. The Bertz CT molecular complexity index is 288. The SMILES string of the molecule is C=C(C)n1cccc1C#N. The number of nitrogens with zero attached hydrogens (tertiary/aromatic N) is 2. The lowest BCUT2D eigenvalue weighted by molar-refractivity contribution is 1.08. The summed E-state index contributed by atoms with van der Waals surface area (Å²) < 4.78 is 1.75. The Kier molecular flexibility index (Phi) is 1.59. The van der Waals surface area contributed by atoms with Crippen LogP contribution >= 0.6 is 0 Å². The van der Waals surface area contributed by atoms with Gasteiger partial charge in [0.15, 0.2) is 0 Å². The van der Waals surface area contributed by atoms with E-state index in [-0.39, 0.29) is 0 Å². The van der Waals surface area contributed by atoms with Crippen molar-refractivity contribution in [2.75, 3.05) is 0 Å². The van der Waals surface area contributed by atoms with Gasteiger partial charge in [0.25, 0.3) is 0 Å². The highest BCUT2D eigenvalue weighted by Crippen LogP contribution is 2.06. The maximum Gasteiger partial charge on any atom is 0.124 e. The Labute approximate surface area is 60.0 Å². The van der Waals surface area contributed by atoms with Crippen LogP contribution in [0.1, 0.15) is 12.6 Å². The predicted octanol–water partition coefficient (Wildman–Crippen LogP) is 1.85. The average molecular weight is 132 g/mol. The van der Waals surface area contributed by atoms with Crippen molar-refractivity contribution in [1.29, 1.82) is 5.26 Å². The zero-order chi connectivity index (χ0) is 7.56. The van der Waals surface area contributed by atoms with E-state index in [9.17, 15) is 0 Å². The van der Waals surface area contributed by atoms with Gasteiger partial charge in [-0.25, -0.2) is 0 Å². The molecule has 0 unspecified atom stereocenters. The second-order valence-electron chi connectivity index (χ2n) is 2.11. The molecule has 1 rings (SSSR count). The number of aromatic nitrogens is 1. The summed E-state index contributed by atoms with van der Waals surface area (Å²) in [5.41, 5.74) is 1.49. The minimum absolute atomic E-state index is 0.632. The molecule has 2 heteroatoms. The lowest BCUT2D eigenvalue weighted by Gasteiger charge is -1.99. The molecule has 0 saturated carbocycles. The first-order valence-electron chi connectivity index (χ1n) is 2.99. The summed E-state index contributed by atoms with van der Waals surface area (Å²) >= 11 is 0. The van der Waals surface area contributed by atoms with Gasteiger partial charge in [0.2, 0.25) is 0 Å². The van der Waals surface area contributed by atoms with Crippen molar-refractivity contribution in [3.8, 4) is 6.07 Å². The number of rotatable bonds is 1. The zero-order valence-electron chi connectivity index (χ0n) is 5.83. The van der Waals surface area contributed by atoms with Gasteiger partial charge in [0.05, 0.1) is 0 Å². The van der Waals surface area contributed by atoms with Crippen LogP contribution in [0, 0.1) is 11.3 Å². The van der Waals surface area contributed by atoms with Crippen molar-refractivity contribution in [3.63, 3.8) is 0 Å². The topological polar surface area (TPSA) is 28.7 Å². The third-order valence-electron chi connectivity index (χ3n) is 1.27. The summed E-state index contributed by atoms with van der Waals surface area (Å²) in [6.07, 6.45) is 1.82. The van der Waals surface area contributed by atoms with Crippen molar-refractivity contribution in [2.24, 2.45) is 0 Å². The predicted molar refractivity (Wildman–Crippen MR) is 40.2 cm³/mol. The molecule has 0 amide bonds. The first kappa shape index (κ1) is 6.63. The molecule has 0 aliphatic heterocycles. The molecule has 0 aliphatic rings. The summed E-state index contributed by atoms with van der Waals surface area (Å²) in [7, 11) is 0. The standard InChI is InChI=1S/C8H8N2/c1-7(2)10-5-3-4-8(10)6-9/h3-5H,1H2,2H3. The molecule has 1 aromatic rings. The van der Waals surface area contributed by atoms with Crippen molar-refractivity contribution < 1.29 is 0 Å². The Hall–Kier alpha value is -1.49. The minimum atomic E-state index is 0.632. The van der Waals surface area contributed by atoms with Crippen LogP contribution in [0.3, 0.4) is 0 Å². The van der Waals surface area contributed by atoms with E-state index in [0.29, 0.717) is 5.69 Å². The molecule has 1 heterocycles. The Morgan fingerprint density at radius 2 is 2.50 bits per heavy atom. The highest BCUT2D eigenvalue weighted by molar-refractivity contribution is 5.44. The largest absolute Gasteiger partial charge is 0.313 e. The molecule has 2 nitrogen and oxygen atoms in total. The van der Waals surface area contributed by atoms with Gasteiger partial charge in [-0.3, -0.25) is 0 Å². The van der Waals surface area contributed by atoms with E-state index >= 15 is 0 Å². The van der Waals surface area contributed by atoms with E-state index in [1.54, 1.807) is 10.6 Å². The molecule has 0 N–H and O–H groups in total. The summed E-state index contributed by atoms with van der Waals surface area (Å²) in [4.78, 5) is 0. The third-order valence-corrected chi connectivity index (χ3v) is 1.27. The molecule has 0 saturated heterocycles. The van der Waals surface area contributed by atoms with Gasteiger partial charge in [-0.2, -0.15) is 5.26 Å². The first-order chi connectivity index (χ1) is 4.75. The molecule has 1 aromatic heterocycles. The molecule has 0 aliphatic carbocycles. The number of hydrogen-bond donors (Lipinski definition) is 0. The fourth-order valence-corrected chi connectivity index (χ4v) is 0.805. The summed E-state index contributed by atoms with van der Waals surface area (Å²) in [6.45, 7) is 5.58. The van der Waals surface area contributed by atoms with Crippen molar-refractivity contribution in [2.45, 2.75) is 6.92 Å². The number of nitriles is 1. The fourth-order valence-electron chi connectivity index (χ4n) is 0.805. The molecule has 10 heavy (non-hydrogen) atoms. The van der Waals surface area contributed by atoms with Crippen LogP contribution in [0.2, 0.25) is 0 Å². The van der Waals surface area contributed by atoms with Crippen LogP contribution in [-0.4, -0.2) is 4.57 Å². The molecule has 0 atom stereocenters. The van der Waals surface area contributed by atoms with Crippen molar-refractivity contribution >= 4 is 5.70 Å². The van der Waals surface area contributed by atoms with E-state index in [1.807, 2.05) is 19.2 Å². The van der Waals surface area contributed by atoms with Crippen LogP contribution in [0.4, 0.5) is 0 Å². The maximum absolute atomic E-state index is 8.54. The molecule has 50 valence electrons. The van der Waals surface area contributed by atoms with E-state index in [2.05, 4.69) is 12.6 Å². The number of allylic oxidation sites excluding steroid dienone is 1. The molecule has 0 spiro atoms. The Balaban J connectivity index is 3.17. The first-order valence-corrected chi connectivity index (χ1v) is 2.99. The van der Waals surface area contributed by atoms with Crippen LogP contribution in [0.25, 0.3) is 5.70 Å². The van der Waals surface area contributed by atoms with Gasteiger partial charge in [-0.1, -0.05) is 6.58 Å². The lowest BCUT2D eigenvalue weighted by Crippen LogP contribution is -1.91. The molecule has 0 aromatic carbocycles. The van der Waals surface area contributed by atoms with Crippen LogP contribution in [0.15, 0.2) is 24.9 Å². The molecule has 0 fully saturated rings. The van der Waals surface area contributed by atoms with Gasteiger partial charge in [-0.05, 0) is 19.1 Å². The monoisotopic (exact) mass is 132 g/mol. The van der Waals surface area contributed by atoms with Crippen LogP contribution in [0.5, 0.6) is 0 Å². The fraction of sp³-hybridized carbons (Fsp3) is 0.125. The van der Waals surface area contributed by atoms with E-state index in [1.165, 1.54) is 0 Å². The van der Waals surface area contributed by atoms with Gasteiger partial charge in [-0.15, -0.1) is 0 Å². The minimum Gasteiger partial charge on any atom is -0.313 e. The lowest BCUT2D eigenvalue weighted by atomic mass is 10.4. The molecule has 0 radical (unpaired) electrons. The van der Waals surface area contributed by atoms with E-state index < -0.39 is 0 Å². The molecular weight excluding hydrogens is 124 g/mol. The second-order valence-corrected chi connectivity index (χ2v) is 2.11. The zero-order valence-corrected chi connectivity index (χ0v) is 5.83. The smallest absolute Gasteiger partial charge is 0.124 e. The van der Waals surface area contributed by atoms with Crippen molar-refractivity contribution in [3.05, 3.63) is 30.6 Å². The van der Waals surface area contributed by atoms with E-state index in [0.717, 1.165) is 5.70 Å². The molecule has 0 bridgehead atoms. The van der Waals surface area contributed by atoms with Crippen LogP contribution < -0.4 is 0 Å². The van der Waals surface area contributed by atoms with Crippen LogP contribution in [-0.2, 0) is 0 Å². The Morgan fingerprint density at radius 3 is 2.90 bits per heavy atom. The summed E-state index contributed by atoms with van der Waals surface area (Å²) in [5.74, 6) is 0. The summed E-state index contributed by atoms with van der Waals surface area (Å²) in [5, 5.41) is 8.54. The third kappa shape index (κ3) is 0.939. The summed E-state index contributed by atoms with van der Waals surface area (Å²) in [6, 6.07) is 5.64. The average Bonchev–Trinajstić information content (AvgIpc) is 2.33. The van der Waals surface area contributed by atoms with E-state index in [4.69, 9.17) is 5.26 Å². The quantitative estimate of drug-likeness (QED) is 0.573. The highest BCUT2D eigenvalue weighted by Gasteiger charge is 1.96. The Morgan fingerprint density at radius 1 is 1.80 bits per heavy atom. The number of hydrogen-bond acceptors (Lipinski definition) is 1. The van der Waals surface area contributed by atoms with Gasteiger partial charge in [0.1, 0.15) is 11.8 Å². The van der Waals surface area contributed by atoms with Crippen molar-refractivity contribution in [1.82, 2.24) is 4.57 Å². The maximum atomic E-state index is 8.54. The molecular formula is C8H8N2. The normalized spacial score (nSPS) is 8.80. The van der Waals surface area contributed by atoms with Gasteiger partial charge in [0, 0.05) is 11.9 Å². The van der Waals surface area contributed by atoms with Gasteiger partial charge < -0.3 is 4.57 Å². The highest BCUT2D eigenvalue weighted by atomic mass is 15.0. The van der Waals surface area contributed by atoms with Gasteiger partial charge >= 0.3 is 0 Å².